The van der Waals surface area contributed by atoms with Gasteiger partial charge in [-0.1, -0.05) is 60.3 Å². The van der Waals surface area contributed by atoms with Gasteiger partial charge in [-0.3, -0.25) is 9.89 Å². The van der Waals surface area contributed by atoms with Crippen LogP contribution in [0.15, 0.2) is 77.3 Å². The van der Waals surface area contributed by atoms with Crippen molar-refractivity contribution >= 4 is 29.0 Å². The Morgan fingerprint density at radius 1 is 1.10 bits per heavy atom. The summed E-state index contributed by atoms with van der Waals surface area (Å²) in [5.74, 6) is 0.384. The molecule has 0 spiro atoms. The second-order valence-corrected chi connectivity index (χ2v) is 8.11. The maximum absolute atomic E-state index is 13.3. The van der Waals surface area contributed by atoms with Crippen molar-refractivity contribution < 1.29 is 9.18 Å². The standard InChI is InChI=1S/C21H17FN4OS2/c22-16-10-8-14(9-11-16)19(17-7-4-12-28-17)23-18(27)13-29-21-24-20(25-26-21)15-5-2-1-3-6-15/h1-12,19H,13H2,(H,23,27)(H,24,25,26)/t19-/m1/s1. The molecular formula is C21H17FN4OS2. The average Bonchev–Trinajstić information content (AvgIpc) is 3.44. The number of carbonyl (C=O) groups excluding carboxylic acids is 1. The number of nitrogens with zero attached hydrogens (tertiary/aromatic N) is 2. The number of carbonyl (C=O) groups is 1. The van der Waals surface area contributed by atoms with Gasteiger partial charge >= 0.3 is 0 Å². The zero-order chi connectivity index (χ0) is 20.1. The minimum atomic E-state index is -0.323. The van der Waals surface area contributed by atoms with Crippen LogP contribution in [-0.4, -0.2) is 26.8 Å². The van der Waals surface area contributed by atoms with E-state index in [4.69, 9.17) is 0 Å². The number of aromatic nitrogens is 3. The van der Waals surface area contributed by atoms with E-state index >= 15 is 0 Å². The van der Waals surface area contributed by atoms with Crippen LogP contribution in [0.5, 0.6) is 0 Å². The first-order chi connectivity index (χ1) is 14.2. The fraction of sp³-hybridized carbons (Fsp3) is 0.0952. The van der Waals surface area contributed by atoms with Gasteiger partial charge in [0.05, 0.1) is 11.8 Å². The molecule has 0 unspecified atom stereocenters. The van der Waals surface area contributed by atoms with Gasteiger partial charge in [-0.05, 0) is 29.1 Å². The van der Waals surface area contributed by atoms with Crippen LogP contribution in [0.4, 0.5) is 4.39 Å². The number of thiophene rings is 1. The number of benzene rings is 2. The lowest BCUT2D eigenvalue weighted by Crippen LogP contribution is -2.30. The maximum Gasteiger partial charge on any atom is 0.231 e. The fourth-order valence-electron chi connectivity index (χ4n) is 2.80. The highest BCUT2D eigenvalue weighted by Gasteiger charge is 2.18. The van der Waals surface area contributed by atoms with Crippen molar-refractivity contribution in [1.29, 1.82) is 0 Å². The van der Waals surface area contributed by atoms with E-state index in [-0.39, 0.29) is 23.5 Å². The molecule has 0 radical (unpaired) electrons. The van der Waals surface area contributed by atoms with Crippen LogP contribution in [0.1, 0.15) is 16.5 Å². The predicted octanol–water partition coefficient (Wildman–Crippen LogP) is 4.67. The molecule has 0 aliphatic rings. The van der Waals surface area contributed by atoms with Crippen LogP contribution >= 0.6 is 23.1 Å². The minimum absolute atomic E-state index is 0.149. The SMILES string of the molecule is O=C(CSc1n[nH]c(-c2ccccc2)n1)N[C@H](c1ccc(F)cc1)c1cccs1. The van der Waals surface area contributed by atoms with Crippen LogP contribution in [-0.2, 0) is 4.79 Å². The van der Waals surface area contributed by atoms with Gasteiger partial charge in [0.15, 0.2) is 5.82 Å². The highest BCUT2D eigenvalue weighted by atomic mass is 32.2. The molecule has 146 valence electrons. The van der Waals surface area contributed by atoms with Gasteiger partial charge in [-0.2, -0.15) is 0 Å². The summed E-state index contributed by atoms with van der Waals surface area (Å²) in [4.78, 5) is 18.0. The number of hydrogen-bond acceptors (Lipinski definition) is 5. The Bertz CT molecular complexity index is 1070. The number of rotatable bonds is 7. The normalized spacial score (nSPS) is 11.9. The zero-order valence-corrected chi connectivity index (χ0v) is 16.8. The molecule has 2 aromatic carbocycles. The van der Waals surface area contributed by atoms with Crippen LogP contribution in [0.25, 0.3) is 11.4 Å². The summed E-state index contributed by atoms with van der Waals surface area (Å²) in [7, 11) is 0. The molecule has 2 N–H and O–H groups in total. The van der Waals surface area contributed by atoms with E-state index < -0.39 is 0 Å². The van der Waals surface area contributed by atoms with Crippen molar-refractivity contribution in [2.75, 3.05) is 5.75 Å². The summed E-state index contributed by atoms with van der Waals surface area (Å²) in [6.45, 7) is 0. The van der Waals surface area contributed by atoms with E-state index in [1.807, 2.05) is 47.8 Å². The summed E-state index contributed by atoms with van der Waals surface area (Å²) in [5.41, 5.74) is 1.77. The molecule has 5 nitrogen and oxygen atoms in total. The highest BCUT2D eigenvalue weighted by molar-refractivity contribution is 7.99. The monoisotopic (exact) mass is 424 g/mol. The first-order valence-corrected chi connectivity index (χ1v) is 10.7. The maximum atomic E-state index is 13.3. The molecule has 0 saturated heterocycles. The number of hydrogen-bond donors (Lipinski definition) is 2. The van der Waals surface area contributed by atoms with Gasteiger partial charge in [-0.15, -0.1) is 16.4 Å². The van der Waals surface area contributed by atoms with Gasteiger partial charge in [0.25, 0.3) is 0 Å². The quantitative estimate of drug-likeness (QED) is 0.423. The minimum Gasteiger partial charge on any atom is -0.344 e. The smallest absolute Gasteiger partial charge is 0.231 e. The lowest BCUT2D eigenvalue weighted by atomic mass is 10.1. The predicted molar refractivity (Wildman–Crippen MR) is 113 cm³/mol. The first kappa shape index (κ1) is 19.4. The molecule has 4 aromatic rings. The second kappa shape index (κ2) is 9.02. The van der Waals surface area contributed by atoms with Gasteiger partial charge in [0, 0.05) is 10.4 Å². The van der Waals surface area contributed by atoms with Gasteiger partial charge in [0.2, 0.25) is 11.1 Å². The van der Waals surface area contributed by atoms with Crippen molar-refractivity contribution in [3.05, 3.63) is 88.4 Å². The summed E-state index contributed by atoms with van der Waals surface area (Å²) < 4.78 is 13.3. The van der Waals surface area contributed by atoms with E-state index in [1.165, 1.54) is 23.9 Å². The van der Waals surface area contributed by atoms with E-state index in [9.17, 15) is 9.18 Å². The average molecular weight is 425 g/mol. The Hall–Kier alpha value is -2.97. The van der Waals surface area contributed by atoms with Crippen LogP contribution in [0.3, 0.4) is 0 Å². The third-order valence-corrected chi connectivity index (χ3v) is 5.97. The first-order valence-electron chi connectivity index (χ1n) is 8.88. The van der Waals surface area contributed by atoms with E-state index in [2.05, 4.69) is 20.5 Å². The van der Waals surface area contributed by atoms with E-state index in [0.29, 0.717) is 11.0 Å². The van der Waals surface area contributed by atoms with E-state index in [1.54, 1.807) is 23.5 Å². The Balaban J connectivity index is 1.41. The molecule has 1 amide bonds. The molecule has 2 aromatic heterocycles. The molecule has 8 heteroatoms. The number of aromatic amines is 1. The van der Waals surface area contributed by atoms with Gasteiger partial charge < -0.3 is 5.32 Å². The van der Waals surface area contributed by atoms with Crippen molar-refractivity contribution in [2.24, 2.45) is 0 Å². The summed E-state index contributed by atoms with van der Waals surface area (Å²) in [6.07, 6.45) is 0. The Morgan fingerprint density at radius 2 is 1.90 bits per heavy atom. The number of H-pyrrole nitrogens is 1. The van der Waals surface area contributed by atoms with Gasteiger partial charge in [0.1, 0.15) is 5.82 Å². The Morgan fingerprint density at radius 3 is 2.62 bits per heavy atom. The molecule has 2 heterocycles. The zero-order valence-electron chi connectivity index (χ0n) is 15.2. The molecular weight excluding hydrogens is 407 g/mol. The topological polar surface area (TPSA) is 70.7 Å². The molecule has 29 heavy (non-hydrogen) atoms. The largest absolute Gasteiger partial charge is 0.344 e. The van der Waals surface area contributed by atoms with Crippen LogP contribution in [0, 0.1) is 5.82 Å². The molecule has 0 aliphatic carbocycles. The third-order valence-electron chi connectivity index (χ3n) is 4.18. The number of amides is 1. The molecule has 0 fully saturated rings. The molecule has 0 aliphatic heterocycles. The number of halogens is 1. The van der Waals surface area contributed by atoms with Gasteiger partial charge in [-0.25, -0.2) is 9.37 Å². The third kappa shape index (κ3) is 4.90. The van der Waals surface area contributed by atoms with Crippen LogP contribution in [0.2, 0.25) is 0 Å². The number of thioether (sulfide) groups is 1. The second-order valence-electron chi connectivity index (χ2n) is 6.19. The van der Waals surface area contributed by atoms with Crippen molar-refractivity contribution in [3.8, 4) is 11.4 Å². The molecule has 1 atom stereocenters. The fourth-order valence-corrected chi connectivity index (χ4v) is 4.21. The Kier molecular flexibility index (Phi) is 6.02. The summed E-state index contributed by atoms with van der Waals surface area (Å²) >= 11 is 2.80. The summed E-state index contributed by atoms with van der Waals surface area (Å²) in [6, 6.07) is 19.4. The number of nitrogens with one attached hydrogen (secondary N) is 2. The molecule has 0 bridgehead atoms. The molecule has 4 rings (SSSR count). The van der Waals surface area contributed by atoms with Crippen molar-refractivity contribution in [1.82, 2.24) is 20.5 Å². The van der Waals surface area contributed by atoms with Crippen molar-refractivity contribution in [3.63, 3.8) is 0 Å². The molecule has 0 saturated carbocycles. The van der Waals surface area contributed by atoms with Crippen LogP contribution < -0.4 is 5.32 Å². The summed E-state index contributed by atoms with van der Waals surface area (Å²) in [5, 5.41) is 12.5. The highest BCUT2D eigenvalue weighted by Crippen LogP contribution is 2.27. The van der Waals surface area contributed by atoms with Crippen molar-refractivity contribution in [2.45, 2.75) is 11.2 Å². The lowest BCUT2D eigenvalue weighted by molar-refractivity contribution is -0.119. The lowest BCUT2D eigenvalue weighted by Gasteiger charge is -2.18. The van der Waals surface area contributed by atoms with E-state index in [0.717, 1.165) is 16.0 Å². The Labute approximate surface area is 175 Å².